The summed E-state index contributed by atoms with van der Waals surface area (Å²) in [4.78, 5) is 4.01. The fraction of sp³-hybridized carbons (Fsp3) is 0.529. The quantitative estimate of drug-likeness (QED) is 0.877. The van der Waals surface area contributed by atoms with Gasteiger partial charge in [0.2, 0.25) is 0 Å². The van der Waals surface area contributed by atoms with Gasteiger partial charge >= 0.3 is 0 Å². The molecule has 0 radical (unpaired) electrons. The Morgan fingerprint density at radius 1 is 1.32 bits per heavy atom. The molecule has 5 heteroatoms. The molecule has 2 rings (SSSR count). The zero-order valence-corrected chi connectivity index (χ0v) is 14.2. The average Bonchev–Trinajstić information content (AvgIpc) is 2.96. The molecule has 1 heterocycles. The molecule has 1 aromatic heterocycles. The third kappa shape index (κ3) is 4.55. The van der Waals surface area contributed by atoms with E-state index in [0.717, 1.165) is 24.3 Å². The molecular formula is C17H24ClN3O. The number of aliphatic hydroxyl groups excluding tert-OH is 1. The van der Waals surface area contributed by atoms with Gasteiger partial charge in [0.05, 0.1) is 12.1 Å². The van der Waals surface area contributed by atoms with Crippen LogP contribution in [0.5, 0.6) is 0 Å². The lowest BCUT2D eigenvalue weighted by Gasteiger charge is -2.33. The molecule has 0 spiro atoms. The van der Waals surface area contributed by atoms with Crippen LogP contribution in [0.15, 0.2) is 36.9 Å². The van der Waals surface area contributed by atoms with Gasteiger partial charge in [-0.25, -0.2) is 9.67 Å². The normalized spacial score (nSPS) is 14.8. The molecule has 0 aliphatic rings. The minimum absolute atomic E-state index is 0.0679. The van der Waals surface area contributed by atoms with Crippen LogP contribution in [0, 0.1) is 5.41 Å². The topological polar surface area (TPSA) is 50.9 Å². The van der Waals surface area contributed by atoms with Crippen molar-refractivity contribution in [3.63, 3.8) is 0 Å². The number of aromatic nitrogens is 3. The fourth-order valence-corrected chi connectivity index (χ4v) is 2.82. The van der Waals surface area contributed by atoms with E-state index in [9.17, 15) is 5.11 Å². The van der Waals surface area contributed by atoms with Gasteiger partial charge in [-0.05, 0) is 42.4 Å². The predicted octanol–water partition coefficient (Wildman–Crippen LogP) is 3.90. The highest BCUT2D eigenvalue weighted by Crippen LogP contribution is 2.31. The second-order valence-electron chi connectivity index (χ2n) is 6.78. The Morgan fingerprint density at radius 2 is 2.09 bits per heavy atom. The molecule has 2 unspecified atom stereocenters. The van der Waals surface area contributed by atoms with Crippen molar-refractivity contribution in [1.82, 2.24) is 14.8 Å². The molecule has 0 amide bonds. The van der Waals surface area contributed by atoms with Gasteiger partial charge in [-0.1, -0.05) is 44.5 Å². The lowest BCUT2D eigenvalue weighted by Crippen LogP contribution is -2.36. The molecule has 4 nitrogen and oxygen atoms in total. The number of aliphatic hydroxyl groups is 1. The number of rotatable bonds is 6. The summed E-state index contributed by atoms with van der Waals surface area (Å²) in [5.74, 6) is 0. The molecule has 1 aromatic carbocycles. The van der Waals surface area contributed by atoms with Crippen LogP contribution in [0.1, 0.15) is 45.2 Å². The van der Waals surface area contributed by atoms with Crippen LogP contribution < -0.4 is 0 Å². The van der Waals surface area contributed by atoms with Crippen molar-refractivity contribution in [1.29, 1.82) is 0 Å². The van der Waals surface area contributed by atoms with E-state index in [0.29, 0.717) is 0 Å². The maximum absolute atomic E-state index is 10.6. The van der Waals surface area contributed by atoms with Crippen LogP contribution in [0.25, 0.3) is 0 Å². The van der Waals surface area contributed by atoms with Gasteiger partial charge in [0.15, 0.2) is 0 Å². The van der Waals surface area contributed by atoms with Crippen molar-refractivity contribution in [3.05, 3.63) is 47.5 Å². The zero-order valence-electron chi connectivity index (χ0n) is 13.4. The maximum Gasteiger partial charge on any atom is 0.137 e. The summed E-state index contributed by atoms with van der Waals surface area (Å²) in [6.45, 7) is 6.12. The Hall–Kier alpha value is -1.39. The summed E-state index contributed by atoms with van der Waals surface area (Å²) in [6.07, 6.45) is 5.45. The Balaban J connectivity index is 2.01. The third-order valence-electron chi connectivity index (χ3n) is 3.88. The Kier molecular flexibility index (Phi) is 5.59. The van der Waals surface area contributed by atoms with E-state index in [1.54, 1.807) is 11.0 Å². The highest BCUT2D eigenvalue weighted by Gasteiger charge is 2.31. The Labute approximate surface area is 137 Å². The first kappa shape index (κ1) is 17.0. The fourth-order valence-electron chi connectivity index (χ4n) is 2.61. The minimum atomic E-state index is -0.478. The van der Waals surface area contributed by atoms with Crippen LogP contribution >= 0.6 is 11.6 Å². The third-order valence-corrected chi connectivity index (χ3v) is 4.12. The molecule has 2 aromatic rings. The highest BCUT2D eigenvalue weighted by atomic mass is 35.5. The van der Waals surface area contributed by atoms with Gasteiger partial charge in [-0.15, -0.1) is 0 Å². The molecule has 22 heavy (non-hydrogen) atoms. The molecule has 0 aliphatic heterocycles. The molecular weight excluding hydrogens is 298 g/mol. The van der Waals surface area contributed by atoms with E-state index in [1.807, 2.05) is 39.0 Å². The van der Waals surface area contributed by atoms with Gasteiger partial charge in [0.1, 0.15) is 12.7 Å². The maximum atomic E-state index is 10.6. The molecule has 0 bridgehead atoms. The molecule has 1 N–H and O–H groups in total. The lowest BCUT2D eigenvalue weighted by molar-refractivity contribution is 0.00870. The SMILES string of the molecule is CC(C)(C)C(O)C(CCCc1cccc(Cl)c1)n1cncn1. The summed E-state index contributed by atoms with van der Waals surface area (Å²) >= 11 is 6.02. The van der Waals surface area contributed by atoms with Gasteiger partial charge in [-0.3, -0.25) is 0 Å². The zero-order chi connectivity index (χ0) is 16.2. The predicted molar refractivity (Wildman–Crippen MR) is 88.9 cm³/mol. The standard InChI is InChI=1S/C17H24ClN3O/c1-17(2,3)16(22)15(21-12-19-11-20-21)9-5-7-13-6-4-8-14(18)10-13/h4,6,8,10-12,15-16,22H,5,7,9H2,1-3H3. The van der Waals surface area contributed by atoms with Gasteiger partial charge in [0, 0.05) is 5.02 Å². The van der Waals surface area contributed by atoms with Crippen molar-refractivity contribution in [2.24, 2.45) is 5.41 Å². The molecule has 0 aliphatic carbocycles. The molecule has 0 saturated carbocycles. The van der Waals surface area contributed by atoms with Crippen molar-refractivity contribution in [2.75, 3.05) is 0 Å². The summed E-state index contributed by atoms with van der Waals surface area (Å²) in [6, 6.07) is 7.85. The van der Waals surface area contributed by atoms with Crippen LogP contribution in [-0.2, 0) is 6.42 Å². The lowest BCUT2D eigenvalue weighted by atomic mass is 9.83. The van der Waals surface area contributed by atoms with Gasteiger partial charge in [-0.2, -0.15) is 5.10 Å². The van der Waals surface area contributed by atoms with Crippen LogP contribution in [0.3, 0.4) is 0 Å². The number of benzene rings is 1. The highest BCUT2D eigenvalue weighted by molar-refractivity contribution is 6.30. The Bertz CT molecular complexity index is 578. The first-order valence-corrected chi connectivity index (χ1v) is 8.02. The van der Waals surface area contributed by atoms with Gasteiger partial charge < -0.3 is 5.11 Å². The van der Waals surface area contributed by atoms with Crippen molar-refractivity contribution in [2.45, 2.75) is 52.2 Å². The van der Waals surface area contributed by atoms with Crippen molar-refractivity contribution >= 4 is 11.6 Å². The van der Waals surface area contributed by atoms with E-state index in [4.69, 9.17) is 11.6 Å². The number of hydrogen-bond acceptors (Lipinski definition) is 3. The summed E-state index contributed by atoms with van der Waals surface area (Å²) in [5.41, 5.74) is 1.02. The van der Waals surface area contributed by atoms with E-state index in [1.165, 1.54) is 11.9 Å². The molecule has 120 valence electrons. The second-order valence-corrected chi connectivity index (χ2v) is 7.21. The smallest absolute Gasteiger partial charge is 0.137 e. The average molecular weight is 322 g/mol. The number of halogens is 1. The monoisotopic (exact) mass is 321 g/mol. The van der Waals surface area contributed by atoms with Crippen molar-refractivity contribution < 1.29 is 5.11 Å². The minimum Gasteiger partial charge on any atom is -0.390 e. The van der Waals surface area contributed by atoms with Crippen LogP contribution in [0.4, 0.5) is 0 Å². The molecule has 0 fully saturated rings. The van der Waals surface area contributed by atoms with Crippen LogP contribution in [0.2, 0.25) is 5.02 Å². The molecule has 0 saturated heterocycles. The van der Waals surface area contributed by atoms with E-state index in [2.05, 4.69) is 16.1 Å². The summed E-state index contributed by atoms with van der Waals surface area (Å²) in [5, 5.41) is 15.6. The second kappa shape index (κ2) is 7.25. The largest absolute Gasteiger partial charge is 0.390 e. The summed E-state index contributed by atoms with van der Waals surface area (Å²) < 4.78 is 1.77. The molecule has 2 atom stereocenters. The van der Waals surface area contributed by atoms with E-state index in [-0.39, 0.29) is 11.5 Å². The van der Waals surface area contributed by atoms with Crippen molar-refractivity contribution in [3.8, 4) is 0 Å². The number of nitrogens with zero attached hydrogens (tertiary/aromatic N) is 3. The first-order valence-electron chi connectivity index (χ1n) is 7.64. The Morgan fingerprint density at radius 3 is 2.68 bits per heavy atom. The summed E-state index contributed by atoms with van der Waals surface area (Å²) in [7, 11) is 0. The number of hydrogen-bond donors (Lipinski definition) is 1. The first-order chi connectivity index (χ1) is 10.4. The van der Waals surface area contributed by atoms with E-state index >= 15 is 0 Å². The van der Waals surface area contributed by atoms with Gasteiger partial charge in [0.25, 0.3) is 0 Å². The van der Waals surface area contributed by atoms with E-state index < -0.39 is 6.10 Å². The van der Waals surface area contributed by atoms with Crippen LogP contribution in [-0.4, -0.2) is 26.0 Å². The number of aryl methyl sites for hydroxylation is 1.